The van der Waals surface area contributed by atoms with Crippen molar-refractivity contribution in [3.05, 3.63) is 59.6 Å². The summed E-state index contributed by atoms with van der Waals surface area (Å²) < 4.78 is 0. The molecule has 0 heterocycles. The van der Waals surface area contributed by atoms with E-state index in [9.17, 15) is 4.80 Å². The van der Waals surface area contributed by atoms with Crippen molar-refractivity contribution in [1.29, 1.82) is 0 Å². The Morgan fingerprint density at radius 3 is 1.95 bits per heavy atom. The van der Waals surface area contributed by atoms with Gasteiger partial charge in [-0.15, -0.1) is 0 Å². The van der Waals surface area contributed by atoms with Crippen molar-refractivity contribution in [3.63, 3.8) is 0 Å². The Morgan fingerprint density at radius 1 is 0.895 bits per heavy atom. The van der Waals surface area contributed by atoms with Crippen LogP contribution < -0.4 is 10.4 Å². The van der Waals surface area contributed by atoms with Crippen LogP contribution in [0, 0.1) is 0 Å². The molecule has 0 aliphatic carbocycles. The van der Waals surface area contributed by atoms with Gasteiger partial charge in [0.25, 0.3) is 7.83 Å². The highest BCUT2D eigenvalue weighted by Crippen LogP contribution is 2.23. The second-order valence-corrected chi connectivity index (χ2v) is 20.6. The third kappa shape index (κ3) is 2.66. The van der Waals surface area contributed by atoms with E-state index >= 15 is 0 Å². The number of hydrogen-bond donors (Lipinski definition) is 1. The molecule has 0 spiro atoms. The summed E-state index contributed by atoms with van der Waals surface area (Å²) in [7, 11) is -2.98. The maximum atomic E-state index is 11.5. The summed E-state index contributed by atoms with van der Waals surface area (Å²) >= 11 is 13.0. The standard InChI is InChI=1S/C14H16Cl2OSi2/c1-18(2,16)19(17,12-8-4-3-5-9-12)14-11-7-6-10-13(14)15/h3-11,17H,1-2H3. The maximum absolute atomic E-state index is 11.5. The van der Waals surface area contributed by atoms with Crippen molar-refractivity contribution >= 4 is 47.8 Å². The van der Waals surface area contributed by atoms with Crippen molar-refractivity contribution in [1.82, 2.24) is 0 Å². The molecule has 2 aromatic carbocycles. The second kappa shape index (κ2) is 5.42. The molecule has 1 unspecified atom stereocenters. The molecule has 1 nitrogen and oxygen atoms in total. The lowest BCUT2D eigenvalue weighted by atomic mass is 10.4. The van der Waals surface area contributed by atoms with Gasteiger partial charge in [0, 0.05) is 5.02 Å². The van der Waals surface area contributed by atoms with E-state index in [1.807, 2.05) is 67.7 Å². The van der Waals surface area contributed by atoms with E-state index in [1.165, 1.54) is 0 Å². The lowest BCUT2D eigenvalue weighted by molar-refractivity contribution is 0.588. The minimum Gasteiger partial charge on any atom is -0.425 e. The smallest absolute Gasteiger partial charge is 0.256 e. The van der Waals surface area contributed by atoms with Crippen LogP contribution in [-0.4, -0.2) is 19.5 Å². The molecule has 0 saturated carbocycles. The number of benzene rings is 2. The first-order valence-electron chi connectivity index (χ1n) is 6.09. The topological polar surface area (TPSA) is 20.2 Å². The van der Waals surface area contributed by atoms with Gasteiger partial charge < -0.3 is 4.80 Å². The molecular weight excluding hydrogens is 311 g/mol. The van der Waals surface area contributed by atoms with Crippen LogP contribution in [-0.2, 0) is 0 Å². The fraction of sp³-hybridized carbons (Fsp3) is 0.143. The van der Waals surface area contributed by atoms with Gasteiger partial charge in [-0.05, 0) is 16.4 Å². The summed E-state index contributed by atoms with van der Waals surface area (Å²) in [4.78, 5) is 11.5. The molecule has 0 radical (unpaired) electrons. The summed E-state index contributed by atoms with van der Waals surface area (Å²) in [6.07, 6.45) is 0. The Kier molecular flexibility index (Phi) is 4.23. The molecule has 0 saturated heterocycles. The molecule has 0 bridgehead atoms. The zero-order valence-electron chi connectivity index (χ0n) is 10.9. The van der Waals surface area contributed by atoms with Gasteiger partial charge in [0.15, 0.2) is 6.90 Å². The van der Waals surface area contributed by atoms with Gasteiger partial charge in [-0.3, -0.25) is 0 Å². The summed E-state index contributed by atoms with van der Waals surface area (Å²) in [5, 5.41) is 2.34. The van der Waals surface area contributed by atoms with Gasteiger partial charge in [-0.25, -0.2) is 0 Å². The molecule has 0 amide bonds. The van der Waals surface area contributed by atoms with E-state index < -0.39 is 14.7 Å². The fourth-order valence-corrected chi connectivity index (χ4v) is 13.1. The first-order valence-corrected chi connectivity index (χ1v) is 13.4. The average molecular weight is 327 g/mol. The molecule has 19 heavy (non-hydrogen) atoms. The third-order valence-electron chi connectivity index (χ3n) is 3.32. The highest BCUT2D eigenvalue weighted by Gasteiger charge is 2.52. The van der Waals surface area contributed by atoms with Gasteiger partial charge in [0.05, 0.1) is 0 Å². The Hall–Kier alpha value is -0.586. The molecule has 2 rings (SSSR count). The maximum Gasteiger partial charge on any atom is 0.256 e. The highest BCUT2D eigenvalue weighted by atomic mass is 35.6. The Bertz CT molecular complexity index is 569. The SMILES string of the molecule is C[Si](C)(Cl)[Si](O)(c1ccccc1)c1ccccc1Cl. The van der Waals surface area contributed by atoms with Gasteiger partial charge in [0.1, 0.15) is 0 Å². The van der Waals surface area contributed by atoms with Gasteiger partial charge in [0.2, 0.25) is 0 Å². The monoisotopic (exact) mass is 326 g/mol. The summed E-state index contributed by atoms with van der Waals surface area (Å²) in [6.45, 7) is 1.62. The molecule has 1 atom stereocenters. The van der Waals surface area contributed by atoms with E-state index in [0.717, 1.165) is 10.4 Å². The fourth-order valence-electron chi connectivity index (χ4n) is 2.25. The zero-order valence-corrected chi connectivity index (χ0v) is 14.4. The minimum absolute atomic E-state index is 0.599. The Morgan fingerprint density at radius 2 is 1.42 bits per heavy atom. The molecular formula is C14H16Cl2OSi2. The van der Waals surface area contributed by atoms with E-state index in [1.54, 1.807) is 0 Å². The van der Waals surface area contributed by atoms with Crippen LogP contribution in [0.1, 0.15) is 0 Å². The number of rotatable bonds is 3. The van der Waals surface area contributed by atoms with Crippen LogP contribution in [0.4, 0.5) is 0 Å². The van der Waals surface area contributed by atoms with Crippen molar-refractivity contribution < 1.29 is 4.80 Å². The Balaban J connectivity index is 2.71. The number of halogens is 2. The lowest BCUT2D eigenvalue weighted by Crippen LogP contribution is -2.72. The molecule has 100 valence electrons. The van der Waals surface area contributed by atoms with E-state index in [2.05, 4.69) is 0 Å². The van der Waals surface area contributed by atoms with Crippen LogP contribution in [0.15, 0.2) is 54.6 Å². The van der Waals surface area contributed by atoms with Crippen LogP contribution in [0.2, 0.25) is 18.1 Å². The first kappa shape index (κ1) is 14.8. The van der Waals surface area contributed by atoms with Crippen LogP contribution in [0.5, 0.6) is 0 Å². The molecule has 0 aliphatic rings. The predicted octanol–water partition coefficient (Wildman–Crippen LogP) is 2.91. The van der Waals surface area contributed by atoms with Gasteiger partial charge >= 0.3 is 0 Å². The summed E-state index contributed by atoms with van der Waals surface area (Å²) in [5.41, 5.74) is 0. The molecule has 5 heteroatoms. The van der Waals surface area contributed by atoms with E-state index in [4.69, 9.17) is 22.7 Å². The van der Waals surface area contributed by atoms with E-state index in [-0.39, 0.29) is 0 Å². The lowest BCUT2D eigenvalue weighted by Gasteiger charge is -2.35. The molecule has 1 N–H and O–H groups in total. The average Bonchev–Trinajstić information content (AvgIpc) is 2.38. The van der Waals surface area contributed by atoms with Crippen molar-refractivity contribution in [3.8, 4) is 0 Å². The first-order chi connectivity index (χ1) is 8.87. The van der Waals surface area contributed by atoms with Crippen molar-refractivity contribution in [2.24, 2.45) is 0 Å². The minimum atomic E-state index is -2.98. The van der Waals surface area contributed by atoms with Gasteiger partial charge in [-0.2, -0.15) is 11.1 Å². The summed E-state index contributed by atoms with van der Waals surface area (Å²) in [6, 6.07) is 17.2. The largest absolute Gasteiger partial charge is 0.425 e. The zero-order chi connectivity index (χ0) is 14.1. The number of hydrogen-bond acceptors (Lipinski definition) is 1. The quantitative estimate of drug-likeness (QED) is 0.679. The Labute approximate surface area is 125 Å². The van der Waals surface area contributed by atoms with Crippen LogP contribution in [0.25, 0.3) is 0 Å². The van der Waals surface area contributed by atoms with E-state index in [0.29, 0.717) is 5.02 Å². The molecule has 0 fully saturated rings. The normalized spacial score (nSPS) is 15.0. The molecule has 0 aromatic heterocycles. The predicted molar refractivity (Wildman–Crippen MR) is 88.5 cm³/mol. The van der Waals surface area contributed by atoms with Crippen molar-refractivity contribution in [2.45, 2.75) is 13.1 Å². The summed E-state index contributed by atoms with van der Waals surface area (Å²) in [5.74, 6) is 0. The third-order valence-corrected chi connectivity index (χ3v) is 17.2. The molecule has 0 aliphatic heterocycles. The molecule has 2 aromatic rings. The van der Waals surface area contributed by atoms with Crippen LogP contribution >= 0.6 is 22.7 Å². The van der Waals surface area contributed by atoms with Crippen molar-refractivity contribution in [2.75, 3.05) is 0 Å². The highest BCUT2D eigenvalue weighted by molar-refractivity contribution is 7.63. The second-order valence-electron chi connectivity index (χ2n) is 5.03. The van der Waals surface area contributed by atoms with Gasteiger partial charge in [-0.1, -0.05) is 73.2 Å². The van der Waals surface area contributed by atoms with Crippen LogP contribution in [0.3, 0.4) is 0 Å².